The van der Waals surface area contributed by atoms with Gasteiger partial charge in [-0.15, -0.1) is 0 Å². The molecule has 4 aromatic rings. The lowest BCUT2D eigenvalue weighted by Crippen LogP contribution is -1.81. The van der Waals surface area contributed by atoms with Gasteiger partial charge in [0.2, 0.25) is 0 Å². The summed E-state index contributed by atoms with van der Waals surface area (Å²) in [5.41, 5.74) is 3.87. The van der Waals surface area contributed by atoms with Crippen molar-refractivity contribution in [2.75, 3.05) is 0 Å². The topological polar surface area (TPSA) is 13.1 Å². The van der Waals surface area contributed by atoms with E-state index in [1.54, 1.807) is 0 Å². The molecule has 0 amide bonds. The third-order valence-corrected chi connectivity index (χ3v) is 5.04. The summed E-state index contributed by atoms with van der Waals surface area (Å²) < 4.78 is 6.96. The maximum Gasteiger partial charge on any atom is 0.143 e. The smallest absolute Gasteiger partial charge is 0.143 e. The Morgan fingerprint density at radius 1 is 0.762 bits per heavy atom. The van der Waals surface area contributed by atoms with E-state index in [2.05, 4.69) is 34.1 Å². The maximum atomic E-state index is 6.22. The lowest BCUT2D eigenvalue weighted by molar-refractivity contribution is 0.670. The second kappa shape index (κ2) is 4.90. The Bertz CT molecular complexity index is 971. The fraction of sp³-hybridized carbons (Fsp3) is 0. The van der Waals surface area contributed by atoms with Crippen molar-refractivity contribution in [2.24, 2.45) is 0 Å². The molecule has 0 aliphatic rings. The van der Waals surface area contributed by atoms with Gasteiger partial charge in [-0.3, -0.25) is 0 Å². The first-order chi connectivity index (χ1) is 10.3. The summed E-state index contributed by atoms with van der Waals surface area (Å²) >= 11 is 9.79. The molecule has 3 heteroatoms. The first kappa shape index (κ1) is 12.9. The zero-order valence-corrected chi connectivity index (χ0v) is 13.3. The molecule has 1 aromatic heterocycles. The highest BCUT2D eigenvalue weighted by molar-refractivity contribution is 9.10. The second-order valence-corrected chi connectivity index (χ2v) is 6.08. The molecule has 1 heterocycles. The van der Waals surface area contributed by atoms with Crippen LogP contribution in [0, 0.1) is 0 Å². The Kier molecular flexibility index (Phi) is 3.02. The average molecular weight is 358 g/mol. The Balaban J connectivity index is 2.12. The quantitative estimate of drug-likeness (QED) is 0.371. The van der Waals surface area contributed by atoms with Gasteiger partial charge in [0.05, 0.1) is 5.02 Å². The van der Waals surface area contributed by atoms with Gasteiger partial charge in [-0.1, -0.05) is 60.1 Å². The molecule has 0 aliphatic carbocycles. The van der Waals surface area contributed by atoms with Crippen molar-refractivity contribution in [3.8, 4) is 11.1 Å². The van der Waals surface area contributed by atoms with Crippen LogP contribution in [-0.2, 0) is 0 Å². The van der Waals surface area contributed by atoms with E-state index >= 15 is 0 Å². The van der Waals surface area contributed by atoms with E-state index in [-0.39, 0.29) is 0 Å². The van der Waals surface area contributed by atoms with Crippen molar-refractivity contribution in [2.45, 2.75) is 0 Å². The monoisotopic (exact) mass is 356 g/mol. The highest BCUT2D eigenvalue weighted by Crippen LogP contribution is 2.40. The lowest BCUT2D eigenvalue weighted by atomic mass is 10.0. The molecule has 21 heavy (non-hydrogen) atoms. The second-order valence-electron chi connectivity index (χ2n) is 4.88. The first-order valence-corrected chi connectivity index (χ1v) is 7.77. The van der Waals surface area contributed by atoms with Gasteiger partial charge < -0.3 is 4.42 Å². The highest BCUT2D eigenvalue weighted by Gasteiger charge is 2.14. The number of benzene rings is 3. The molecule has 0 saturated carbocycles. The first-order valence-electron chi connectivity index (χ1n) is 6.60. The van der Waals surface area contributed by atoms with Gasteiger partial charge >= 0.3 is 0 Å². The minimum absolute atomic E-state index is 0.695. The number of hydrogen-bond donors (Lipinski definition) is 0. The summed E-state index contributed by atoms with van der Waals surface area (Å²) in [5.74, 6) is 0. The predicted molar refractivity (Wildman–Crippen MR) is 91.9 cm³/mol. The van der Waals surface area contributed by atoms with Gasteiger partial charge in [0, 0.05) is 26.4 Å². The predicted octanol–water partition coefficient (Wildman–Crippen LogP) is 6.67. The molecule has 0 N–H and O–H groups in total. The summed E-state index contributed by atoms with van der Waals surface area (Å²) in [6.45, 7) is 0. The minimum atomic E-state index is 0.695. The van der Waals surface area contributed by atoms with Gasteiger partial charge in [-0.25, -0.2) is 0 Å². The molecule has 0 unspecified atom stereocenters. The van der Waals surface area contributed by atoms with E-state index in [0.29, 0.717) is 5.02 Å². The van der Waals surface area contributed by atoms with E-state index in [0.717, 1.165) is 37.5 Å². The van der Waals surface area contributed by atoms with Gasteiger partial charge in [0.15, 0.2) is 0 Å². The van der Waals surface area contributed by atoms with Crippen molar-refractivity contribution in [3.05, 3.63) is 70.2 Å². The summed E-state index contributed by atoms with van der Waals surface area (Å²) in [4.78, 5) is 0. The number of furan rings is 1. The molecule has 102 valence electrons. The van der Waals surface area contributed by atoms with Crippen molar-refractivity contribution in [3.63, 3.8) is 0 Å². The fourth-order valence-corrected chi connectivity index (χ4v) is 3.32. The van der Waals surface area contributed by atoms with Crippen LogP contribution < -0.4 is 0 Å². The molecule has 0 aliphatic heterocycles. The third kappa shape index (κ3) is 1.98. The van der Waals surface area contributed by atoms with E-state index in [1.165, 1.54) is 0 Å². The number of halogens is 2. The molecule has 3 aromatic carbocycles. The van der Waals surface area contributed by atoms with Gasteiger partial charge in [0.25, 0.3) is 0 Å². The van der Waals surface area contributed by atoms with Crippen LogP contribution in [0.5, 0.6) is 0 Å². The zero-order valence-electron chi connectivity index (χ0n) is 10.9. The maximum absolute atomic E-state index is 6.22. The minimum Gasteiger partial charge on any atom is -0.455 e. The Morgan fingerprint density at radius 3 is 2.38 bits per heavy atom. The lowest BCUT2D eigenvalue weighted by Gasteiger charge is -2.06. The molecular formula is C18H10BrClO. The van der Waals surface area contributed by atoms with Crippen LogP contribution in [0.4, 0.5) is 0 Å². The van der Waals surface area contributed by atoms with Crippen LogP contribution >= 0.6 is 27.5 Å². The number of fused-ring (bicyclic) bond motifs is 3. The number of para-hydroxylation sites is 2. The van der Waals surface area contributed by atoms with E-state index < -0.39 is 0 Å². The number of rotatable bonds is 1. The van der Waals surface area contributed by atoms with Crippen LogP contribution in [0.2, 0.25) is 5.02 Å². The third-order valence-electron chi connectivity index (χ3n) is 3.65. The highest BCUT2D eigenvalue weighted by atomic mass is 79.9. The molecular weight excluding hydrogens is 348 g/mol. The molecule has 1 nitrogen and oxygen atoms in total. The molecule has 0 radical (unpaired) electrons. The van der Waals surface area contributed by atoms with E-state index in [9.17, 15) is 0 Å². The fourth-order valence-electron chi connectivity index (χ4n) is 2.67. The zero-order chi connectivity index (χ0) is 14.4. The average Bonchev–Trinajstić information content (AvgIpc) is 2.89. The SMILES string of the molecule is Clc1cccc(-c2cccc3c2oc2ccccc23)c1Br. The molecule has 0 fully saturated rings. The van der Waals surface area contributed by atoms with Crippen LogP contribution in [0.15, 0.2) is 69.6 Å². The van der Waals surface area contributed by atoms with Crippen LogP contribution in [-0.4, -0.2) is 0 Å². The summed E-state index contributed by atoms with van der Waals surface area (Å²) in [7, 11) is 0. The van der Waals surface area contributed by atoms with E-state index in [1.807, 2.05) is 42.5 Å². The summed E-state index contributed by atoms with van der Waals surface area (Å²) in [6, 6.07) is 20.1. The van der Waals surface area contributed by atoms with Gasteiger partial charge in [-0.2, -0.15) is 0 Å². The normalized spacial score (nSPS) is 11.3. The largest absolute Gasteiger partial charge is 0.455 e. The Labute approximate surface area is 135 Å². The molecule has 0 atom stereocenters. The van der Waals surface area contributed by atoms with Crippen molar-refractivity contribution in [1.82, 2.24) is 0 Å². The number of hydrogen-bond acceptors (Lipinski definition) is 1. The summed E-state index contributed by atoms with van der Waals surface area (Å²) in [5, 5.41) is 2.95. The van der Waals surface area contributed by atoms with Crippen molar-refractivity contribution >= 4 is 49.5 Å². The van der Waals surface area contributed by atoms with Gasteiger partial charge in [-0.05, 0) is 28.1 Å². The van der Waals surface area contributed by atoms with Crippen molar-refractivity contribution in [1.29, 1.82) is 0 Å². The van der Waals surface area contributed by atoms with Crippen molar-refractivity contribution < 1.29 is 4.42 Å². The molecule has 0 bridgehead atoms. The van der Waals surface area contributed by atoms with Gasteiger partial charge in [0.1, 0.15) is 11.2 Å². The summed E-state index contributed by atoms with van der Waals surface area (Å²) in [6.07, 6.45) is 0. The molecule has 0 saturated heterocycles. The van der Waals surface area contributed by atoms with Crippen LogP contribution in [0.25, 0.3) is 33.1 Å². The molecule has 4 rings (SSSR count). The standard InChI is InChI=1S/C18H10BrClO/c19-17-12(6-4-9-15(17)20)14-8-3-7-13-11-5-1-2-10-16(11)21-18(13)14/h1-10H. The molecule has 0 spiro atoms. The Morgan fingerprint density at radius 2 is 1.48 bits per heavy atom. The van der Waals surface area contributed by atoms with Crippen LogP contribution in [0.3, 0.4) is 0 Å². The van der Waals surface area contributed by atoms with Crippen LogP contribution in [0.1, 0.15) is 0 Å². The van der Waals surface area contributed by atoms with E-state index in [4.69, 9.17) is 16.0 Å². The Hall–Kier alpha value is -1.77.